The number of carbonyl (C=O) groups is 3. The van der Waals surface area contributed by atoms with Crippen LogP contribution in [0.1, 0.15) is 27.8 Å². The molecule has 0 atom stereocenters. The summed E-state index contributed by atoms with van der Waals surface area (Å²) in [4.78, 5) is 41.0. The van der Waals surface area contributed by atoms with E-state index in [4.69, 9.17) is 4.74 Å². The number of benzene rings is 1. The fraction of sp³-hybridized carbons (Fsp3) is 0.125. The second kappa shape index (κ2) is 5.88. The molecule has 0 spiro atoms. The minimum Gasteiger partial charge on any atom is -0.450 e. The second-order valence-electron chi connectivity index (χ2n) is 4.74. The van der Waals surface area contributed by atoms with Crippen molar-refractivity contribution in [2.75, 3.05) is 16.8 Å². The molecule has 7 heteroatoms. The maximum atomic E-state index is 12.3. The van der Waals surface area contributed by atoms with Crippen LogP contribution in [0.5, 0.6) is 0 Å². The zero-order chi connectivity index (χ0) is 16.4. The minimum atomic E-state index is -0.565. The Morgan fingerprint density at radius 2 is 1.91 bits per heavy atom. The lowest BCUT2D eigenvalue weighted by atomic mass is 10.2. The summed E-state index contributed by atoms with van der Waals surface area (Å²) in [6.07, 6.45) is 0.907. The first-order valence-corrected chi connectivity index (χ1v) is 6.99. The Labute approximate surface area is 131 Å². The number of pyridine rings is 1. The summed E-state index contributed by atoms with van der Waals surface area (Å²) >= 11 is 0. The summed E-state index contributed by atoms with van der Waals surface area (Å²) in [7, 11) is 0. The van der Waals surface area contributed by atoms with Gasteiger partial charge in [0, 0.05) is 11.9 Å². The van der Waals surface area contributed by atoms with Crippen molar-refractivity contribution in [1.82, 2.24) is 4.98 Å². The molecule has 2 heterocycles. The van der Waals surface area contributed by atoms with Crippen LogP contribution in [0.2, 0.25) is 0 Å². The summed E-state index contributed by atoms with van der Waals surface area (Å²) in [6, 6.07) is 9.50. The van der Waals surface area contributed by atoms with Crippen LogP contribution in [0.4, 0.5) is 16.2 Å². The van der Waals surface area contributed by atoms with Crippen molar-refractivity contribution in [2.45, 2.75) is 6.92 Å². The number of hydrogen-bond acceptors (Lipinski definition) is 5. The Kier molecular flexibility index (Phi) is 3.76. The first kappa shape index (κ1) is 14.7. The Morgan fingerprint density at radius 3 is 2.57 bits per heavy atom. The Balaban J connectivity index is 1.82. The summed E-state index contributed by atoms with van der Waals surface area (Å²) in [5.74, 6) is -0.874. The van der Waals surface area contributed by atoms with Crippen LogP contribution >= 0.6 is 0 Å². The lowest BCUT2D eigenvalue weighted by Crippen LogP contribution is -2.29. The first-order chi connectivity index (χ1) is 11.1. The lowest BCUT2D eigenvalue weighted by molar-refractivity contribution is 0.0924. The van der Waals surface area contributed by atoms with Crippen LogP contribution in [0.3, 0.4) is 0 Å². The number of rotatable bonds is 3. The molecule has 0 fully saturated rings. The van der Waals surface area contributed by atoms with Gasteiger partial charge in [-0.1, -0.05) is 0 Å². The molecule has 3 rings (SSSR count). The average molecular weight is 311 g/mol. The molecule has 0 saturated carbocycles. The number of amides is 3. The molecule has 2 aromatic rings. The smallest absolute Gasteiger partial charge is 0.411 e. The van der Waals surface area contributed by atoms with Crippen molar-refractivity contribution < 1.29 is 19.1 Å². The third kappa shape index (κ3) is 2.64. The van der Waals surface area contributed by atoms with Gasteiger partial charge in [-0.15, -0.1) is 0 Å². The molecular formula is C16H13N3O4. The molecule has 1 N–H and O–H groups in total. The summed E-state index contributed by atoms with van der Waals surface area (Å²) < 4.78 is 4.78. The molecule has 0 unspecified atom stereocenters. The summed E-state index contributed by atoms with van der Waals surface area (Å²) in [5, 5.41) is 2.54. The predicted molar refractivity (Wildman–Crippen MR) is 82.5 cm³/mol. The van der Waals surface area contributed by atoms with Crippen molar-refractivity contribution in [3.8, 4) is 0 Å². The van der Waals surface area contributed by atoms with E-state index in [1.165, 1.54) is 6.20 Å². The Bertz CT molecular complexity index is 751. The normalized spacial score (nSPS) is 13.0. The standard InChI is InChI=1S/C16H13N3O4/c1-2-23-16(22)18-10-5-7-11(8-6-10)19-14(20)12-4-3-9-17-13(12)15(19)21/h3-9H,2H2,1H3,(H,18,22). The van der Waals surface area contributed by atoms with Gasteiger partial charge < -0.3 is 4.74 Å². The van der Waals surface area contributed by atoms with E-state index in [0.29, 0.717) is 11.4 Å². The van der Waals surface area contributed by atoms with E-state index in [0.717, 1.165) is 4.90 Å². The van der Waals surface area contributed by atoms with Crippen molar-refractivity contribution in [1.29, 1.82) is 0 Å². The number of carbonyl (C=O) groups excluding carboxylic acids is 3. The molecule has 1 aromatic carbocycles. The lowest BCUT2D eigenvalue weighted by Gasteiger charge is -2.14. The third-order valence-electron chi connectivity index (χ3n) is 3.29. The second-order valence-corrected chi connectivity index (χ2v) is 4.74. The predicted octanol–water partition coefficient (Wildman–Crippen LogP) is 2.45. The summed E-state index contributed by atoms with van der Waals surface area (Å²) in [5.41, 5.74) is 1.34. The van der Waals surface area contributed by atoms with Crippen molar-refractivity contribution in [2.24, 2.45) is 0 Å². The van der Waals surface area contributed by atoms with Crippen LogP contribution in [0.25, 0.3) is 0 Å². The van der Waals surface area contributed by atoms with E-state index in [1.807, 2.05) is 0 Å². The molecule has 116 valence electrons. The topological polar surface area (TPSA) is 88.6 Å². The van der Waals surface area contributed by atoms with Gasteiger partial charge in [-0.3, -0.25) is 19.9 Å². The molecule has 23 heavy (non-hydrogen) atoms. The fourth-order valence-corrected chi connectivity index (χ4v) is 2.28. The van der Waals surface area contributed by atoms with E-state index < -0.39 is 17.9 Å². The van der Waals surface area contributed by atoms with Gasteiger partial charge in [-0.2, -0.15) is 0 Å². The van der Waals surface area contributed by atoms with E-state index in [-0.39, 0.29) is 17.9 Å². The number of fused-ring (bicyclic) bond motifs is 1. The molecular weight excluding hydrogens is 298 g/mol. The van der Waals surface area contributed by atoms with Crippen LogP contribution in [0, 0.1) is 0 Å². The highest BCUT2D eigenvalue weighted by atomic mass is 16.5. The number of nitrogens with zero attached hydrogens (tertiary/aromatic N) is 2. The maximum Gasteiger partial charge on any atom is 0.411 e. The fourth-order valence-electron chi connectivity index (χ4n) is 2.28. The van der Waals surface area contributed by atoms with Gasteiger partial charge in [0.15, 0.2) is 0 Å². The number of nitrogens with one attached hydrogen (secondary N) is 1. The highest BCUT2D eigenvalue weighted by Gasteiger charge is 2.37. The molecule has 0 aliphatic carbocycles. The molecule has 1 aliphatic rings. The highest BCUT2D eigenvalue weighted by Crippen LogP contribution is 2.27. The van der Waals surface area contributed by atoms with Gasteiger partial charge in [0.25, 0.3) is 11.8 Å². The first-order valence-electron chi connectivity index (χ1n) is 6.99. The largest absolute Gasteiger partial charge is 0.450 e. The van der Waals surface area contributed by atoms with Gasteiger partial charge >= 0.3 is 6.09 Å². The molecule has 1 aliphatic heterocycles. The molecule has 1 aromatic heterocycles. The maximum absolute atomic E-state index is 12.3. The van der Waals surface area contributed by atoms with Gasteiger partial charge in [-0.05, 0) is 43.3 Å². The Morgan fingerprint density at radius 1 is 1.17 bits per heavy atom. The molecule has 0 radical (unpaired) electrons. The zero-order valence-corrected chi connectivity index (χ0v) is 12.3. The van der Waals surface area contributed by atoms with Gasteiger partial charge in [0.1, 0.15) is 5.69 Å². The Hall–Kier alpha value is -3.22. The number of imide groups is 1. The van der Waals surface area contributed by atoms with Crippen molar-refractivity contribution in [3.63, 3.8) is 0 Å². The van der Waals surface area contributed by atoms with E-state index >= 15 is 0 Å². The monoisotopic (exact) mass is 311 g/mol. The van der Waals surface area contributed by atoms with Crippen LogP contribution in [-0.2, 0) is 4.74 Å². The van der Waals surface area contributed by atoms with Gasteiger partial charge in [-0.25, -0.2) is 9.69 Å². The van der Waals surface area contributed by atoms with Gasteiger partial charge in [0.2, 0.25) is 0 Å². The number of ether oxygens (including phenoxy) is 1. The molecule has 0 saturated heterocycles. The number of anilines is 2. The average Bonchev–Trinajstić information content (AvgIpc) is 2.81. The van der Waals surface area contributed by atoms with Crippen molar-refractivity contribution in [3.05, 3.63) is 53.9 Å². The zero-order valence-electron chi connectivity index (χ0n) is 12.3. The van der Waals surface area contributed by atoms with E-state index in [1.54, 1.807) is 43.3 Å². The summed E-state index contributed by atoms with van der Waals surface area (Å²) in [6.45, 7) is 1.98. The van der Waals surface area contributed by atoms with Crippen LogP contribution in [-0.4, -0.2) is 29.5 Å². The van der Waals surface area contributed by atoms with Crippen LogP contribution < -0.4 is 10.2 Å². The number of aromatic nitrogens is 1. The van der Waals surface area contributed by atoms with E-state index in [2.05, 4.69) is 10.3 Å². The molecule has 7 nitrogen and oxygen atoms in total. The van der Waals surface area contributed by atoms with Crippen LogP contribution in [0.15, 0.2) is 42.6 Å². The highest BCUT2D eigenvalue weighted by molar-refractivity contribution is 6.33. The number of hydrogen-bond donors (Lipinski definition) is 1. The minimum absolute atomic E-state index is 0.145. The SMILES string of the molecule is CCOC(=O)Nc1ccc(N2C(=O)c3cccnc3C2=O)cc1. The van der Waals surface area contributed by atoms with Gasteiger partial charge in [0.05, 0.1) is 17.9 Å². The third-order valence-corrected chi connectivity index (χ3v) is 3.29. The molecule has 3 amide bonds. The van der Waals surface area contributed by atoms with Crippen molar-refractivity contribution >= 4 is 29.3 Å². The van der Waals surface area contributed by atoms with E-state index in [9.17, 15) is 14.4 Å². The molecule has 0 bridgehead atoms. The quantitative estimate of drug-likeness (QED) is 0.880.